The molecule has 0 aromatic heterocycles. The summed E-state index contributed by atoms with van der Waals surface area (Å²) in [6, 6.07) is 8.39. The number of ether oxygens (including phenoxy) is 1. The number of phenols is 1. The van der Waals surface area contributed by atoms with Crippen molar-refractivity contribution < 1.29 is 32.9 Å². The van der Waals surface area contributed by atoms with E-state index in [1.54, 1.807) is 12.1 Å². The van der Waals surface area contributed by atoms with Gasteiger partial charge in [-0.15, -0.1) is 0 Å². The molecule has 0 bridgehead atoms. The van der Waals surface area contributed by atoms with Crippen LogP contribution in [-0.2, 0) is 27.8 Å². The van der Waals surface area contributed by atoms with E-state index in [9.17, 15) is 28.1 Å². The number of aliphatic hydroxyl groups excluding tert-OH is 2. The van der Waals surface area contributed by atoms with Crippen molar-refractivity contribution in [2.45, 2.75) is 62.6 Å². The highest BCUT2D eigenvalue weighted by Gasteiger charge is 2.11. The Morgan fingerprint density at radius 3 is 2.43 bits per heavy atom. The molecule has 8 nitrogen and oxygen atoms in total. The molecule has 6 N–H and O–H groups in total. The Labute approximate surface area is 207 Å². The van der Waals surface area contributed by atoms with E-state index >= 15 is 0 Å². The predicted octanol–water partition coefficient (Wildman–Crippen LogP) is 2.89. The second kappa shape index (κ2) is 15.1. The number of hydrogen-bond donors (Lipinski definition) is 5. The lowest BCUT2D eigenvalue weighted by atomic mass is 10.1. The number of nitrogens with one attached hydrogen (secondary N) is 1. The van der Waals surface area contributed by atoms with Crippen molar-refractivity contribution in [2.75, 3.05) is 26.3 Å². The third-order valence-electron chi connectivity index (χ3n) is 5.65. The van der Waals surface area contributed by atoms with E-state index in [-0.39, 0.29) is 17.3 Å². The molecule has 0 saturated carbocycles. The minimum Gasteiger partial charge on any atom is -0.508 e. The lowest BCUT2D eigenvalue weighted by Crippen LogP contribution is -2.22. The van der Waals surface area contributed by atoms with Gasteiger partial charge in [0.25, 0.3) is 0 Å². The number of sulfonamides is 1. The standard InChI is InChI=1S/C25H37FN2O6S/c26-22-13-19(14-23(16-22)35(27,32)33)7-3-6-12-34-11-5-2-1-4-10-28-17-25(31)20-8-9-24(30)21(15-20)18-29/h8-9,13-16,25,28-31H,1-7,10-12,17-18H2,(H2,27,32,33)/t25-/m1/s1. The molecule has 0 heterocycles. The van der Waals surface area contributed by atoms with Crippen LogP contribution in [0.1, 0.15) is 61.3 Å². The van der Waals surface area contributed by atoms with Crippen LogP contribution < -0.4 is 10.5 Å². The molecule has 0 aliphatic heterocycles. The van der Waals surface area contributed by atoms with Gasteiger partial charge in [0, 0.05) is 25.3 Å². The van der Waals surface area contributed by atoms with Crippen LogP contribution in [0.15, 0.2) is 41.3 Å². The molecule has 0 aliphatic carbocycles. The summed E-state index contributed by atoms with van der Waals surface area (Å²) in [5.74, 6) is -0.590. The number of aliphatic hydroxyl groups is 2. The number of aryl methyl sites for hydroxylation is 1. The second-order valence-corrected chi connectivity index (χ2v) is 10.2. The predicted molar refractivity (Wildman–Crippen MR) is 132 cm³/mol. The average Bonchev–Trinajstić information content (AvgIpc) is 2.81. The molecule has 0 aliphatic rings. The lowest BCUT2D eigenvalue weighted by molar-refractivity contribution is 0.126. The van der Waals surface area contributed by atoms with Crippen LogP contribution >= 0.6 is 0 Å². The summed E-state index contributed by atoms with van der Waals surface area (Å²) in [4.78, 5) is -0.205. The molecule has 0 amide bonds. The van der Waals surface area contributed by atoms with Gasteiger partial charge < -0.3 is 25.4 Å². The maximum atomic E-state index is 13.6. The summed E-state index contributed by atoms with van der Waals surface area (Å²) < 4.78 is 42.0. The zero-order chi connectivity index (χ0) is 25.7. The Morgan fingerprint density at radius 2 is 1.71 bits per heavy atom. The van der Waals surface area contributed by atoms with Gasteiger partial charge in [0.15, 0.2) is 0 Å². The molecular weight excluding hydrogens is 475 g/mol. The smallest absolute Gasteiger partial charge is 0.238 e. The Bertz CT molecular complexity index is 1020. The quantitative estimate of drug-likeness (QED) is 0.205. The molecule has 0 saturated heterocycles. The van der Waals surface area contributed by atoms with Crippen LogP contribution in [0.5, 0.6) is 5.75 Å². The van der Waals surface area contributed by atoms with E-state index in [2.05, 4.69) is 5.32 Å². The van der Waals surface area contributed by atoms with E-state index < -0.39 is 21.9 Å². The molecule has 196 valence electrons. The first kappa shape index (κ1) is 29.2. The third-order valence-corrected chi connectivity index (χ3v) is 6.55. The molecule has 0 radical (unpaired) electrons. The third kappa shape index (κ3) is 11.0. The zero-order valence-corrected chi connectivity index (χ0v) is 20.8. The normalized spacial score (nSPS) is 12.7. The lowest BCUT2D eigenvalue weighted by Gasteiger charge is -2.14. The van der Waals surface area contributed by atoms with Gasteiger partial charge >= 0.3 is 0 Å². The number of rotatable bonds is 17. The Kier molecular flexibility index (Phi) is 12.6. The molecule has 10 heteroatoms. The summed E-state index contributed by atoms with van der Waals surface area (Å²) in [6.45, 7) is 2.19. The molecule has 2 aromatic rings. The highest BCUT2D eigenvalue weighted by molar-refractivity contribution is 7.89. The fraction of sp³-hybridized carbons (Fsp3) is 0.520. The van der Waals surface area contributed by atoms with Crippen LogP contribution in [-0.4, -0.2) is 50.0 Å². The minimum absolute atomic E-state index is 0.0187. The average molecular weight is 513 g/mol. The van der Waals surface area contributed by atoms with Gasteiger partial charge in [0.05, 0.1) is 17.6 Å². The summed E-state index contributed by atoms with van der Waals surface area (Å²) in [7, 11) is -3.92. The van der Waals surface area contributed by atoms with Crippen molar-refractivity contribution in [3.63, 3.8) is 0 Å². The van der Waals surface area contributed by atoms with Crippen LogP contribution in [0.25, 0.3) is 0 Å². The van der Waals surface area contributed by atoms with Gasteiger partial charge in [-0.25, -0.2) is 17.9 Å². The minimum atomic E-state index is -3.92. The van der Waals surface area contributed by atoms with Crippen molar-refractivity contribution in [1.82, 2.24) is 5.32 Å². The van der Waals surface area contributed by atoms with Crippen LogP contribution in [0.3, 0.4) is 0 Å². The largest absolute Gasteiger partial charge is 0.508 e. The van der Waals surface area contributed by atoms with Gasteiger partial charge in [-0.2, -0.15) is 0 Å². The number of nitrogens with two attached hydrogens (primary N) is 1. The molecule has 0 fully saturated rings. The van der Waals surface area contributed by atoms with Crippen LogP contribution in [0.4, 0.5) is 4.39 Å². The fourth-order valence-electron chi connectivity index (χ4n) is 3.67. The summed E-state index contributed by atoms with van der Waals surface area (Å²) in [5, 5.41) is 37.3. The number of halogens is 1. The van der Waals surface area contributed by atoms with E-state index in [0.29, 0.717) is 42.9 Å². The van der Waals surface area contributed by atoms with Gasteiger partial charge in [0.2, 0.25) is 10.0 Å². The monoisotopic (exact) mass is 512 g/mol. The highest BCUT2D eigenvalue weighted by atomic mass is 32.2. The van der Waals surface area contributed by atoms with E-state index in [0.717, 1.165) is 51.1 Å². The van der Waals surface area contributed by atoms with Crippen molar-refractivity contribution in [3.8, 4) is 5.75 Å². The first-order valence-corrected chi connectivity index (χ1v) is 13.5. The van der Waals surface area contributed by atoms with E-state index in [4.69, 9.17) is 9.88 Å². The molecule has 35 heavy (non-hydrogen) atoms. The van der Waals surface area contributed by atoms with Gasteiger partial charge in [-0.1, -0.05) is 18.9 Å². The Balaban J connectivity index is 1.46. The van der Waals surface area contributed by atoms with Crippen molar-refractivity contribution in [3.05, 3.63) is 58.9 Å². The Hall–Kier alpha value is -2.08. The molecule has 0 spiro atoms. The number of hydrogen-bond acceptors (Lipinski definition) is 7. The van der Waals surface area contributed by atoms with Crippen molar-refractivity contribution in [2.24, 2.45) is 5.14 Å². The number of benzene rings is 2. The summed E-state index contributed by atoms with van der Waals surface area (Å²) in [5.41, 5.74) is 1.66. The molecule has 1 atom stereocenters. The second-order valence-electron chi connectivity index (χ2n) is 8.59. The number of primary sulfonamides is 1. The van der Waals surface area contributed by atoms with Gasteiger partial charge in [-0.3, -0.25) is 0 Å². The SMILES string of the molecule is NS(=O)(=O)c1cc(F)cc(CCCCOCCCCCCNC[C@@H](O)c2ccc(O)c(CO)c2)c1. The van der Waals surface area contributed by atoms with Crippen molar-refractivity contribution >= 4 is 10.0 Å². The zero-order valence-electron chi connectivity index (χ0n) is 20.0. The van der Waals surface area contributed by atoms with Gasteiger partial charge in [0.1, 0.15) is 11.6 Å². The maximum absolute atomic E-state index is 13.6. The first-order chi connectivity index (χ1) is 16.7. The first-order valence-electron chi connectivity index (χ1n) is 11.9. The maximum Gasteiger partial charge on any atom is 0.238 e. The number of aromatic hydroxyl groups is 1. The van der Waals surface area contributed by atoms with Crippen LogP contribution in [0.2, 0.25) is 0 Å². The Morgan fingerprint density at radius 1 is 1.00 bits per heavy atom. The molecule has 2 aromatic carbocycles. The summed E-state index contributed by atoms with van der Waals surface area (Å²) in [6.07, 6.45) is 5.45. The van der Waals surface area contributed by atoms with Gasteiger partial charge in [-0.05, 0) is 80.1 Å². The molecular formula is C25H37FN2O6S. The van der Waals surface area contributed by atoms with E-state index in [1.807, 2.05) is 0 Å². The molecule has 2 rings (SSSR count). The van der Waals surface area contributed by atoms with Crippen molar-refractivity contribution in [1.29, 1.82) is 0 Å². The highest BCUT2D eigenvalue weighted by Crippen LogP contribution is 2.22. The fourth-order valence-corrected chi connectivity index (χ4v) is 4.26. The summed E-state index contributed by atoms with van der Waals surface area (Å²) >= 11 is 0. The molecule has 0 unspecified atom stereocenters. The topological polar surface area (TPSA) is 142 Å². The van der Waals surface area contributed by atoms with E-state index in [1.165, 1.54) is 18.2 Å². The van der Waals surface area contributed by atoms with Crippen LogP contribution in [0, 0.1) is 5.82 Å². The number of unbranched alkanes of at least 4 members (excludes halogenated alkanes) is 4.